The molecule has 1 aliphatic heterocycles. The van der Waals surface area contributed by atoms with Crippen LogP contribution in [0.15, 0.2) is 0 Å². The van der Waals surface area contributed by atoms with Crippen LogP contribution in [0.5, 0.6) is 0 Å². The van der Waals surface area contributed by atoms with Crippen LogP contribution in [0.3, 0.4) is 0 Å². The summed E-state index contributed by atoms with van der Waals surface area (Å²) in [6.45, 7) is 9.69. The standard InChI is InChI=1S/C16H33N3/c1-5-16(2,12-17-14-8-9-14)13-18(3)11-15-7-6-10-19(15)4/h14-15,17H,5-13H2,1-4H3. The monoisotopic (exact) mass is 267 g/mol. The molecule has 0 spiro atoms. The Balaban J connectivity index is 1.75. The molecule has 1 N–H and O–H groups in total. The molecule has 2 unspecified atom stereocenters. The second-order valence-electron chi connectivity index (χ2n) is 7.29. The van der Waals surface area contributed by atoms with E-state index in [1.807, 2.05) is 0 Å². The predicted octanol–water partition coefficient (Wildman–Crippen LogP) is 2.18. The van der Waals surface area contributed by atoms with Crippen molar-refractivity contribution in [3.8, 4) is 0 Å². The molecule has 1 saturated carbocycles. The summed E-state index contributed by atoms with van der Waals surface area (Å²) < 4.78 is 0. The topological polar surface area (TPSA) is 18.5 Å². The van der Waals surface area contributed by atoms with Crippen LogP contribution in [0.4, 0.5) is 0 Å². The van der Waals surface area contributed by atoms with Crippen LogP contribution in [-0.2, 0) is 0 Å². The van der Waals surface area contributed by atoms with Gasteiger partial charge in [0, 0.05) is 31.7 Å². The number of hydrogen-bond acceptors (Lipinski definition) is 3. The number of hydrogen-bond donors (Lipinski definition) is 1. The van der Waals surface area contributed by atoms with Gasteiger partial charge in [-0.2, -0.15) is 0 Å². The first kappa shape index (κ1) is 15.3. The fourth-order valence-electron chi connectivity index (χ4n) is 3.26. The Hall–Kier alpha value is -0.120. The third-order valence-electron chi connectivity index (χ3n) is 5.09. The van der Waals surface area contributed by atoms with Crippen molar-refractivity contribution in [1.82, 2.24) is 15.1 Å². The highest BCUT2D eigenvalue weighted by atomic mass is 15.2. The van der Waals surface area contributed by atoms with Crippen LogP contribution in [-0.4, -0.2) is 62.2 Å². The van der Waals surface area contributed by atoms with Crippen LogP contribution in [0.2, 0.25) is 0 Å². The van der Waals surface area contributed by atoms with Crippen molar-refractivity contribution in [2.45, 2.75) is 58.0 Å². The van der Waals surface area contributed by atoms with E-state index in [2.05, 4.69) is 43.1 Å². The number of likely N-dealkylation sites (tertiary alicyclic amines) is 1. The molecule has 0 radical (unpaired) electrons. The lowest BCUT2D eigenvalue weighted by Crippen LogP contribution is -2.45. The average molecular weight is 267 g/mol. The lowest BCUT2D eigenvalue weighted by molar-refractivity contribution is 0.148. The van der Waals surface area contributed by atoms with E-state index in [4.69, 9.17) is 0 Å². The fourth-order valence-corrected chi connectivity index (χ4v) is 3.26. The molecule has 112 valence electrons. The Labute approximate surface area is 119 Å². The Morgan fingerprint density at radius 3 is 2.58 bits per heavy atom. The second-order valence-corrected chi connectivity index (χ2v) is 7.29. The molecule has 19 heavy (non-hydrogen) atoms. The lowest BCUT2D eigenvalue weighted by Gasteiger charge is -2.35. The Morgan fingerprint density at radius 1 is 1.32 bits per heavy atom. The summed E-state index contributed by atoms with van der Waals surface area (Å²) in [5, 5.41) is 3.72. The summed E-state index contributed by atoms with van der Waals surface area (Å²) in [6, 6.07) is 1.61. The fraction of sp³-hybridized carbons (Fsp3) is 1.00. The van der Waals surface area contributed by atoms with Crippen molar-refractivity contribution in [2.75, 3.05) is 40.3 Å². The van der Waals surface area contributed by atoms with Gasteiger partial charge < -0.3 is 15.1 Å². The van der Waals surface area contributed by atoms with E-state index in [-0.39, 0.29) is 0 Å². The Bertz CT molecular complexity index is 277. The van der Waals surface area contributed by atoms with E-state index < -0.39 is 0 Å². The van der Waals surface area contributed by atoms with Crippen molar-refractivity contribution in [1.29, 1.82) is 0 Å². The lowest BCUT2D eigenvalue weighted by atomic mass is 9.86. The summed E-state index contributed by atoms with van der Waals surface area (Å²) in [7, 11) is 4.58. The molecule has 2 fully saturated rings. The first-order chi connectivity index (χ1) is 9.02. The minimum atomic E-state index is 0.425. The zero-order valence-corrected chi connectivity index (χ0v) is 13.4. The first-order valence-corrected chi connectivity index (χ1v) is 8.14. The maximum absolute atomic E-state index is 3.72. The largest absolute Gasteiger partial charge is 0.313 e. The third kappa shape index (κ3) is 4.73. The molecule has 0 aromatic heterocycles. The smallest absolute Gasteiger partial charge is 0.0220 e. The molecule has 3 nitrogen and oxygen atoms in total. The Morgan fingerprint density at radius 2 is 2.05 bits per heavy atom. The highest BCUT2D eigenvalue weighted by Crippen LogP contribution is 2.26. The minimum absolute atomic E-state index is 0.425. The van der Waals surface area contributed by atoms with E-state index in [0.29, 0.717) is 5.41 Å². The van der Waals surface area contributed by atoms with Gasteiger partial charge in [-0.15, -0.1) is 0 Å². The van der Waals surface area contributed by atoms with Gasteiger partial charge in [0.05, 0.1) is 0 Å². The van der Waals surface area contributed by atoms with Gasteiger partial charge in [0.15, 0.2) is 0 Å². The zero-order valence-electron chi connectivity index (χ0n) is 13.4. The summed E-state index contributed by atoms with van der Waals surface area (Å²) in [5.74, 6) is 0. The molecular weight excluding hydrogens is 234 g/mol. The highest BCUT2D eigenvalue weighted by molar-refractivity contribution is 4.87. The molecule has 1 aliphatic carbocycles. The van der Waals surface area contributed by atoms with Crippen molar-refractivity contribution < 1.29 is 0 Å². The molecule has 1 heterocycles. The maximum Gasteiger partial charge on any atom is 0.0220 e. The van der Waals surface area contributed by atoms with Gasteiger partial charge in [0.2, 0.25) is 0 Å². The van der Waals surface area contributed by atoms with Crippen LogP contribution in [0, 0.1) is 5.41 Å². The van der Waals surface area contributed by atoms with Gasteiger partial charge >= 0.3 is 0 Å². The molecule has 1 saturated heterocycles. The van der Waals surface area contributed by atoms with Crippen LogP contribution >= 0.6 is 0 Å². The van der Waals surface area contributed by atoms with E-state index in [0.717, 1.165) is 12.1 Å². The van der Waals surface area contributed by atoms with Gasteiger partial charge in [-0.3, -0.25) is 0 Å². The van der Waals surface area contributed by atoms with Crippen molar-refractivity contribution >= 4 is 0 Å². The SMILES string of the molecule is CCC(C)(CNC1CC1)CN(C)CC1CCCN1C. The molecule has 0 aromatic carbocycles. The summed E-state index contributed by atoms with van der Waals surface area (Å²) in [4.78, 5) is 5.09. The Kier molecular flexibility index (Phi) is 5.27. The molecule has 0 amide bonds. The summed E-state index contributed by atoms with van der Waals surface area (Å²) in [5.41, 5.74) is 0.425. The van der Waals surface area contributed by atoms with Gasteiger partial charge in [-0.1, -0.05) is 13.8 Å². The summed E-state index contributed by atoms with van der Waals surface area (Å²) >= 11 is 0. The zero-order chi connectivity index (χ0) is 13.9. The molecule has 3 heteroatoms. The second kappa shape index (κ2) is 6.55. The normalized spacial score (nSPS) is 27.9. The van der Waals surface area contributed by atoms with Gasteiger partial charge in [-0.25, -0.2) is 0 Å². The maximum atomic E-state index is 3.72. The van der Waals surface area contributed by atoms with Crippen LogP contribution < -0.4 is 5.32 Å². The molecule has 2 atom stereocenters. The van der Waals surface area contributed by atoms with Gasteiger partial charge in [0.25, 0.3) is 0 Å². The van der Waals surface area contributed by atoms with E-state index >= 15 is 0 Å². The van der Waals surface area contributed by atoms with E-state index in [1.54, 1.807) is 0 Å². The summed E-state index contributed by atoms with van der Waals surface area (Å²) in [6.07, 6.45) is 6.80. The first-order valence-electron chi connectivity index (χ1n) is 8.14. The van der Waals surface area contributed by atoms with Crippen LogP contribution in [0.1, 0.15) is 46.0 Å². The number of rotatable bonds is 8. The number of nitrogens with one attached hydrogen (secondary N) is 1. The van der Waals surface area contributed by atoms with Gasteiger partial charge in [-0.05, 0) is 58.2 Å². The third-order valence-corrected chi connectivity index (χ3v) is 5.09. The number of nitrogens with zero attached hydrogens (tertiary/aromatic N) is 2. The van der Waals surface area contributed by atoms with E-state index in [1.165, 1.54) is 58.3 Å². The van der Waals surface area contributed by atoms with Crippen LogP contribution in [0.25, 0.3) is 0 Å². The minimum Gasteiger partial charge on any atom is -0.313 e. The number of likely N-dealkylation sites (N-methyl/N-ethyl adjacent to an activating group) is 2. The predicted molar refractivity (Wildman–Crippen MR) is 82.6 cm³/mol. The van der Waals surface area contributed by atoms with Crippen molar-refractivity contribution in [2.24, 2.45) is 5.41 Å². The van der Waals surface area contributed by atoms with Gasteiger partial charge in [0.1, 0.15) is 0 Å². The molecule has 0 bridgehead atoms. The quantitative estimate of drug-likeness (QED) is 0.727. The molecular formula is C16H33N3. The van der Waals surface area contributed by atoms with Crippen molar-refractivity contribution in [3.05, 3.63) is 0 Å². The molecule has 2 rings (SSSR count). The molecule has 0 aromatic rings. The molecule has 2 aliphatic rings. The van der Waals surface area contributed by atoms with E-state index in [9.17, 15) is 0 Å². The highest BCUT2D eigenvalue weighted by Gasteiger charge is 2.29. The average Bonchev–Trinajstić information content (AvgIpc) is 3.12. The van der Waals surface area contributed by atoms with Crippen molar-refractivity contribution in [3.63, 3.8) is 0 Å².